The van der Waals surface area contributed by atoms with Crippen LogP contribution in [0.1, 0.15) is 16.1 Å². The summed E-state index contributed by atoms with van der Waals surface area (Å²) in [7, 11) is 0. The van der Waals surface area contributed by atoms with Crippen LogP contribution >= 0.6 is 0 Å². The fourth-order valence-electron chi connectivity index (χ4n) is 1.65. The van der Waals surface area contributed by atoms with Crippen LogP contribution in [0, 0.1) is 0 Å². The largest absolute Gasteiger partial charge is 0.471 e. The van der Waals surface area contributed by atoms with Crippen molar-refractivity contribution < 1.29 is 22.8 Å². The van der Waals surface area contributed by atoms with Crippen LogP contribution in [0.2, 0.25) is 0 Å². The highest BCUT2D eigenvalue weighted by atomic mass is 19.4. The Balaban J connectivity index is 1.94. The van der Waals surface area contributed by atoms with Crippen molar-refractivity contribution >= 4 is 17.5 Å². The molecule has 7 nitrogen and oxygen atoms in total. The summed E-state index contributed by atoms with van der Waals surface area (Å²) in [6.45, 7) is -0.298. The smallest absolute Gasteiger partial charge is 0.344 e. The Labute approximate surface area is 132 Å². The van der Waals surface area contributed by atoms with Crippen LogP contribution in [0.3, 0.4) is 0 Å². The zero-order valence-electron chi connectivity index (χ0n) is 12.0. The lowest BCUT2D eigenvalue weighted by Gasteiger charge is -2.09. The van der Waals surface area contributed by atoms with Crippen LogP contribution in [0.25, 0.3) is 0 Å². The predicted molar refractivity (Wildman–Crippen MR) is 77.2 cm³/mol. The van der Waals surface area contributed by atoms with Gasteiger partial charge in [-0.05, 0) is 23.8 Å². The van der Waals surface area contributed by atoms with Gasteiger partial charge < -0.3 is 10.6 Å². The fourth-order valence-corrected chi connectivity index (χ4v) is 1.65. The first-order valence-electron chi connectivity index (χ1n) is 6.57. The van der Waals surface area contributed by atoms with Gasteiger partial charge in [-0.25, -0.2) is 5.10 Å². The van der Waals surface area contributed by atoms with E-state index in [0.29, 0.717) is 11.3 Å². The molecule has 0 spiro atoms. The molecule has 0 saturated carbocycles. The van der Waals surface area contributed by atoms with Gasteiger partial charge in [0.25, 0.3) is 11.5 Å². The second-order valence-electron chi connectivity index (χ2n) is 4.64. The molecule has 0 atom stereocenters. The van der Waals surface area contributed by atoms with E-state index < -0.39 is 23.5 Å². The first-order chi connectivity index (χ1) is 11.3. The van der Waals surface area contributed by atoms with E-state index >= 15 is 0 Å². The van der Waals surface area contributed by atoms with Crippen LogP contribution in [-0.4, -0.2) is 28.2 Å². The molecule has 126 valence electrons. The minimum absolute atomic E-state index is 0.00360. The number of nitrogens with zero attached hydrogens (tertiary/aromatic N) is 1. The van der Waals surface area contributed by atoms with Crippen molar-refractivity contribution in [2.45, 2.75) is 12.7 Å². The normalized spacial score (nSPS) is 11.0. The van der Waals surface area contributed by atoms with Gasteiger partial charge in [-0.1, -0.05) is 12.1 Å². The maximum atomic E-state index is 12.1. The molecular weight excluding hydrogens is 329 g/mol. The van der Waals surface area contributed by atoms with Crippen molar-refractivity contribution in [1.82, 2.24) is 15.5 Å². The minimum Gasteiger partial charge on any atom is -0.344 e. The van der Waals surface area contributed by atoms with Crippen LogP contribution in [-0.2, 0) is 11.3 Å². The molecule has 0 fully saturated rings. The maximum Gasteiger partial charge on any atom is 0.471 e. The third-order valence-corrected chi connectivity index (χ3v) is 2.83. The van der Waals surface area contributed by atoms with E-state index in [4.69, 9.17) is 0 Å². The molecule has 2 amide bonds. The highest BCUT2D eigenvalue weighted by Crippen LogP contribution is 2.15. The van der Waals surface area contributed by atoms with Gasteiger partial charge in [-0.2, -0.15) is 18.3 Å². The molecule has 0 aliphatic heterocycles. The molecule has 2 rings (SSSR count). The standard InChI is InChI=1S/C14H11F3N4O3/c15-14(16,17)13(24)18-7-8-1-3-9(4-2-8)19-12(23)10-5-6-11(22)21-20-10/h1-6H,7H2,(H,18,24)(H,19,23)(H,21,22). The average Bonchev–Trinajstić information content (AvgIpc) is 2.53. The molecule has 10 heteroatoms. The quantitative estimate of drug-likeness (QED) is 0.778. The highest BCUT2D eigenvalue weighted by Gasteiger charge is 2.38. The summed E-state index contributed by atoms with van der Waals surface area (Å²) in [5.74, 6) is -2.59. The number of amides is 2. The molecule has 1 aromatic heterocycles. The molecule has 0 saturated heterocycles. The monoisotopic (exact) mass is 340 g/mol. The Morgan fingerprint density at radius 2 is 1.75 bits per heavy atom. The number of nitrogens with one attached hydrogen (secondary N) is 3. The third-order valence-electron chi connectivity index (χ3n) is 2.83. The van der Waals surface area contributed by atoms with Crippen molar-refractivity contribution in [3.05, 3.63) is 58.0 Å². The average molecular weight is 340 g/mol. The van der Waals surface area contributed by atoms with Crippen LogP contribution in [0.4, 0.5) is 18.9 Å². The Morgan fingerprint density at radius 3 is 2.29 bits per heavy atom. The number of carbonyl (C=O) groups excluding carboxylic acids is 2. The van der Waals surface area contributed by atoms with Gasteiger partial charge in [0.15, 0.2) is 0 Å². The van der Waals surface area contributed by atoms with E-state index in [1.54, 1.807) is 5.32 Å². The lowest BCUT2D eigenvalue weighted by atomic mass is 10.2. The predicted octanol–water partition coefficient (Wildman–Crippen LogP) is 1.20. The van der Waals surface area contributed by atoms with Crippen molar-refractivity contribution in [2.24, 2.45) is 0 Å². The van der Waals surface area contributed by atoms with Gasteiger partial charge in [0.1, 0.15) is 5.69 Å². The summed E-state index contributed by atoms with van der Waals surface area (Å²) in [5, 5.41) is 9.92. The van der Waals surface area contributed by atoms with E-state index in [2.05, 4.69) is 15.5 Å². The Hall–Kier alpha value is -3.17. The Kier molecular flexibility index (Phi) is 4.97. The zero-order chi connectivity index (χ0) is 17.7. The SMILES string of the molecule is O=C(Nc1ccc(CNC(=O)C(F)(F)F)cc1)c1ccc(=O)[nH]n1. The van der Waals surface area contributed by atoms with Gasteiger partial charge in [0.05, 0.1) is 0 Å². The van der Waals surface area contributed by atoms with Crippen molar-refractivity contribution in [3.63, 3.8) is 0 Å². The fraction of sp³-hybridized carbons (Fsp3) is 0.143. The first kappa shape index (κ1) is 17.2. The first-order valence-corrected chi connectivity index (χ1v) is 6.57. The molecule has 0 radical (unpaired) electrons. The molecule has 24 heavy (non-hydrogen) atoms. The number of H-pyrrole nitrogens is 1. The molecule has 0 unspecified atom stereocenters. The van der Waals surface area contributed by atoms with Gasteiger partial charge in [0.2, 0.25) is 0 Å². The van der Waals surface area contributed by atoms with Crippen molar-refractivity contribution in [3.8, 4) is 0 Å². The van der Waals surface area contributed by atoms with Crippen molar-refractivity contribution in [2.75, 3.05) is 5.32 Å². The van der Waals surface area contributed by atoms with E-state index in [-0.39, 0.29) is 12.2 Å². The highest BCUT2D eigenvalue weighted by molar-refractivity contribution is 6.02. The third kappa shape index (κ3) is 4.66. The van der Waals surface area contributed by atoms with Gasteiger partial charge in [-0.15, -0.1) is 0 Å². The molecule has 1 aromatic carbocycles. The zero-order valence-corrected chi connectivity index (χ0v) is 12.0. The minimum atomic E-state index is -4.93. The van der Waals surface area contributed by atoms with E-state index in [1.807, 2.05) is 0 Å². The van der Waals surface area contributed by atoms with Crippen LogP contribution < -0.4 is 16.2 Å². The summed E-state index contributed by atoms with van der Waals surface area (Å²) in [6.07, 6.45) is -4.93. The summed E-state index contributed by atoms with van der Waals surface area (Å²) in [6, 6.07) is 8.21. The Bertz CT molecular complexity index is 780. The number of benzene rings is 1. The number of alkyl halides is 3. The van der Waals surface area contributed by atoms with Crippen LogP contribution in [0.5, 0.6) is 0 Å². The summed E-state index contributed by atoms with van der Waals surface area (Å²) in [5.41, 5.74) is 0.347. The van der Waals surface area contributed by atoms with E-state index in [9.17, 15) is 27.6 Å². The molecule has 0 aliphatic rings. The topological polar surface area (TPSA) is 104 Å². The summed E-state index contributed by atoms with van der Waals surface area (Å²) in [4.78, 5) is 33.4. The number of hydrogen-bond donors (Lipinski definition) is 3. The second kappa shape index (κ2) is 6.94. The number of carbonyl (C=O) groups is 2. The lowest BCUT2D eigenvalue weighted by molar-refractivity contribution is -0.173. The van der Waals surface area contributed by atoms with Crippen molar-refractivity contribution in [1.29, 1.82) is 0 Å². The van der Waals surface area contributed by atoms with Gasteiger partial charge in [-0.3, -0.25) is 14.4 Å². The molecule has 0 bridgehead atoms. The van der Waals surface area contributed by atoms with Crippen LogP contribution in [0.15, 0.2) is 41.2 Å². The number of anilines is 1. The Morgan fingerprint density at radius 1 is 1.08 bits per heavy atom. The summed E-state index contributed by atoms with van der Waals surface area (Å²) < 4.78 is 36.2. The number of halogens is 3. The second-order valence-corrected chi connectivity index (χ2v) is 4.64. The van der Waals surface area contributed by atoms with E-state index in [0.717, 1.165) is 6.07 Å². The summed E-state index contributed by atoms with van der Waals surface area (Å²) >= 11 is 0. The lowest BCUT2D eigenvalue weighted by Crippen LogP contribution is -2.36. The molecular formula is C14H11F3N4O3. The number of rotatable bonds is 4. The molecule has 0 aliphatic carbocycles. The number of aromatic amines is 1. The van der Waals surface area contributed by atoms with Gasteiger partial charge >= 0.3 is 12.1 Å². The molecule has 2 aromatic rings. The van der Waals surface area contributed by atoms with E-state index in [1.165, 1.54) is 30.3 Å². The van der Waals surface area contributed by atoms with Gasteiger partial charge in [0, 0.05) is 18.3 Å². The molecule has 3 N–H and O–H groups in total. The number of hydrogen-bond acceptors (Lipinski definition) is 4. The maximum absolute atomic E-state index is 12.1. The number of aromatic nitrogens is 2. The molecule has 1 heterocycles.